The van der Waals surface area contributed by atoms with Crippen molar-refractivity contribution in [2.45, 2.75) is 13.8 Å². The van der Waals surface area contributed by atoms with Crippen molar-refractivity contribution in [2.24, 2.45) is 0 Å². The molecule has 0 aliphatic heterocycles. The summed E-state index contributed by atoms with van der Waals surface area (Å²) in [6.07, 6.45) is 0. The quantitative estimate of drug-likeness (QED) is 0.802. The van der Waals surface area contributed by atoms with Gasteiger partial charge in [0.2, 0.25) is 0 Å². The third-order valence-electron chi connectivity index (χ3n) is 3.50. The van der Waals surface area contributed by atoms with Crippen LogP contribution in [0.3, 0.4) is 0 Å². The third-order valence-corrected chi connectivity index (χ3v) is 4.35. The van der Waals surface area contributed by atoms with Crippen molar-refractivity contribution in [1.82, 2.24) is 0 Å². The molecule has 6 heteroatoms. The fourth-order valence-electron chi connectivity index (χ4n) is 2.15. The van der Waals surface area contributed by atoms with E-state index in [-0.39, 0.29) is 12.5 Å². The molecule has 0 radical (unpaired) electrons. The average Bonchev–Trinajstić information content (AvgIpc) is 2.56. The Morgan fingerprint density at radius 2 is 1.79 bits per heavy atom. The highest BCUT2D eigenvalue weighted by molar-refractivity contribution is 9.10. The number of hydrogen-bond acceptors (Lipinski definition) is 4. The normalized spacial score (nSPS) is 10.2. The molecule has 0 unspecified atom stereocenters. The highest BCUT2D eigenvalue weighted by Crippen LogP contribution is 2.29. The smallest absolute Gasteiger partial charge is 0.262 e. The van der Waals surface area contributed by atoms with E-state index in [1.165, 1.54) is 0 Å². The summed E-state index contributed by atoms with van der Waals surface area (Å²) in [5.74, 6) is 1.59. The number of rotatable bonds is 6. The van der Waals surface area contributed by atoms with Crippen LogP contribution in [-0.4, -0.2) is 26.7 Å². The van der Waals surface area contributed by atoms with Crippen molar-refractivity contribution in [3.05, 3.63) is 45.9 Å². The van der Waals surface area contributed by atoms with Crippen molar-refractivity contribution in [2.75, 3.05) is 26.1 Å². The number of carbonyl (C=O) groups is 1. The molecule has 0 heterocycles. The summed E-state index contributed by atoms with van der Waals surface area (Å²) in [5.41, 5.74) is 2.54. The second kappa shape index (κ2) is 8.06. The van der Waals surface area contributed by atoms with Crippen LogP contribution in [0.15, 0.2) is 34.8 Å². The van der Waals surface area contributed by atoms with E-state index in [0.29, 0.717) is 22.9 Å². The highest BCUT2D eigenvalue weighted by atomic mass is 79.9. The predicted octanol–water partition coefficient (Wildman–Crippen LogP) is 4.10. The lowest BCUT2D eigenvalue weighted by Gasteiger charge is -2.13. The Labute approximate surface area is 150 Å². The lowest BCUT2D eigenvalue weighted by Crippen LogP contribution is -2.20. The third kappa shape index (κ3) is 4.41. The summed E-state index contributed by atoms with van der Waals surface area (Å²) in [5, 5.41) is 2.77. The van der Waals surface area contributed by atoms with E-state index in [1.54, 1.807) is 32.4 Å². The zero-order valence-electron chi connectivity index (χ0n) is 14.1. The van der Waals surface area contributed by atoms with Gasteiger partial charge in [-0.15, -0.1) is 0 Å². The van der Waals surface area contributed by atoms with E-state index in [2.05, 4.69) is 21.2 Å². The minimum Gasteiger partial charge on any atom is -0.497 e. The van der Waals surface area contributed by atoms with Gasteiger partial charge in [0, 0.05) is 10.5 Å². The van der Waals surface area contributed by atoms with E-state index < -0.39 is 0 Å². The number of nitrogens with one attached hydrogen (secondary N) is 1. The largest absolute Gasteiger partial charge is 0.497 e. The number of hydrogen-bond donors (Lipinski definition) is 1. The van der Waals surface area contributed by atoms with Gasteiger partial charge in [-0.05, 0) is 49.2 Å². The molecule has 1 amide bonds. The summed E-state index contributed by atoms with van der Waals surface area (Å²) >= 11 is 3.47. The van der Waals surface area contributed by atoms with Gasteiger partial charge in [0.15, 0.2) is 6.61 Å². The number of amides is 1. The average molecular weight is 394 g/mol. The summed E-state index contributed by atoms with van der Waals surface area (Å²) in [6, 6.07) is 9.06. The van der Waals surface area contributed by atoms with Crippen molar-refractivity contribution in [3.63, 3.8) is 0 Å². The number of aryl methyl sites for hydroxylation is 2. The summed E-state index contributed by atoms with van der Waals surface area (Å²) in [6.45, 7) is 3.81. The zero-order chi connectivity index (χ0) is 17.7. The van der Waals surface area contributed by atoms with Crippen LogP contribution in [0.2, 0.25) is 0 Å². The number of ether oxygens (including phenoxy) is 3. The maximum atomic E-state index is 12.2. The first-order chi connectivity index (χ1) is 11.4. The molecule has 0 aliphatic rings. The SMILES string of the molecule is COc1ccc(OC)c(NC(=O)COc2cc(C)c(Br)cc2C)c1. The molecule has 0 spiro atoms. The molecule has 2 aromatic carbocycles. The second-order valence-corrected chi connectivity index (χ2v) is 6.12. The van der Waals surface area contributed by atoms with Crippen LogP contribution in [0.5, 0.6) is 17.2 Å². The first-order valence-electron chi connectivity index (χ1n) is 7.36. The van der Waals surface area contributed by atoms with Crippen LogP contribution in [0, 0.1) is 13.8 Å². The number of carbonyl (C=O) groups excluding carboxylic acids is 1. The lowest BCUT2D eigenvalue weighted by molar-refractivity contribution is -0.118. The van der Waals surface area contributed by atoms with Crippen LogP contribution >= 0.6 is 15.9 Å². The molecule has 128 valence electrons. The van der Waals surface area contributed by atoms with Gasteiger partial charge in [0.05, 0.1) is 19.9 Å². The summed E-state index contributed by atoms with van der Waals surface area (Å²) in [4.78, 5) is 12.2. The van der Waals surface area contributed by atoms with E-state index in [1.807, 2.05) is 26.0 Å². The molecule has 0 atom stereocenters. The standard InChI is InChI=1S/C18H20BrNO4/c1-11-8-17(12(2)7-14(11)19)24-10-18(21)20-15-9-13(22-3)5-6-16(15)23-4/h5-9H,10H2,1-4H3,(H,20,21). The van der Waals surface area contributed by atoms with Gasteiger partial charge >= 0.3 is 0 Å². The van der Waals surface area contributed by atoms with Crippen LogP contribution < -0.4 is 19.5 Å². The Balaban J connectivity index is 2.05. The van der Waals surface area contributed by atoms with Crippen LogP contribution in [-0.2, 0) is 4.79 Å². The fourth-order valence-corrected chi connectivity index (χ4v) is 2.61. The van der Waals surface area contributed by atoms with Gasteiger partial charge in [-0.1, -0.05) is 15.9 Å². The maximum Gasteiger partial charge on any atom is 0.262 e. The maximum absolute atomic E-state index is 12.2. The second-order valence-electron chi connectivity index (χ2n) is 5.27. The first kappa shape index (κ1) is 18.1. The Hall–Kier alpha value is -2.21. The number of anilines is 1. The molecule has 2 aromatic rings. The minimum absolute atomic E-state index is 0.0950. The monoisotopic (exact) mass is 393 g/mol. The lowest BCUT2D eigenvalue weighted by atomic mass is 10.1. The number of halogens is 1. The van der Waals surface area contributed by atoms with Crippen molar-refractivity contribution in [1.29, 1.82) is 0 Å². The molecule has 0 aromatic heterocycles. The van der Waals surface area contributed by atoms with E-state index >= 15 is 0 Å². The van der Waals surface area contributed by atoms with Crippen LogP contribution in [0.4, 0.5) is 5.69 Å². The summed E-state index contributed by atoms with van der Waals surface area (Å²) < 4.78 is 17.0. The van der Waals surface area contributed by atoms with Crippen LogP contribution in [0.25, 0.3) is 0 Å². The highest BCUT2D eigenvalue weighted by Gasteiger charge is 2.11. The van der Waals surface area contributed by atoms with Gasteiger partial charge < -0.3 is 19.5 Å². The van der Waals surface area contributed by atoms with Crippen molar-refractivity contribution in [3.8, 4) is 17.2 Å². The number of methoxy groups -OCH3 is 2. The Bertz CT molecular complexity index is 746. The fraction of sp³-hybridized carbons (Fsp3) is 0.278. The topological polar surface area (TPSA) is 56.8 Å². The van der Waals surface area contributed by atoms with Crippen LogP contribution in [0.1, 0.15) is 11.1 Å². The van der Waals surface area contributed by atoms with Gasteiger partial charge in [0.25, 0.3) is 5.91 Å². The molecule has 2 rings (SSSR count). The zero-order valence-corrected chi connectivity index (χ0v) is 15.7. The molecule has 1 N–H and O–H groups in total. The molecule has 0 saturated heterocycles. The number of benzene rings is 2. The molecule has 24 heavy (non-hydrogen) atoms. The molecule has 5 nitrogen and oxygen atoms in total. The Morgan fingerprint density at radius 3 is 2.46 bits per heavy atom. The molecule has 0 aliphatic carbocycles. The van der Waals surface area contributed by atoms with E-state index in [4.69, 9.17) is 14.2 Å². The van der Waals surface area contributed by atoms with E-state index in [0.717, 1.165) is 15.6 Å². The van der Waals surface area contributed by atoms with Crippen molar-refractivity contribution >= 4 is 27.5 Å². The van der Waals surface area contributed by atoms with Gasteiger partial charge in [-0.2, -0.15) is 0 Å². The molecule has 0 bridgehead atoms. The molecular weight excluding hydrogens is 374 g/mol. The minimum atomic E-state index is -0.276. The van der Waals surface area contributed by atoms with Gasteiger partial charge in [0.1, 0.15) is 17.2 Å². The molecule has 0 saturated carbocycles. The Kier molecular flexibility index (Phi) is 6.09. The van der Waals surface area contributed by atoms with Gasteiger partial charge in [-0.25, -0.2) is 0 Å². The first-order valence-corrected chi connectivity index (χ1v) is 8.15. The van der Waals surface area contributed by atoms with E-state index in [9.17, 15) is 4.79 Å². The molecule has 0 fully saturated rings. The predicted molar refractivity (Wildman–Crippen MR) is 97.3 cm³/mol. The Morgan fingerprint density at radius 1 is 1.04 bits per heavy atom. The van der Waals surface area contributed by atoms with Crippen molar-refractivity contribution < 1.29 is 19.0 Å². The summed E-state index contributed by atoms with van der Waals surface area (Å²) in [7, 11) is 3.11. The molecular formula is C18H20BrNO4. The van der Waals surface area contributed by atoms with Gasteiger partial charge in [-0.3, -0.25) is 4.79 Å².